The summed E-state index contributed by atoms with van der Waals surface area (Å²) in [5.41, 5.74) is 6.15. The van der Waals surface area contributed by atoms with E-state index in [1.54, 1.807) is 4.90 Å². The smallest absolute Gasteiger partial charge is 0.249 e. The lowest BCUT2D eigenvalue weighted by atomic mass is 10.1. The first kappa shape index (κ1) is 13.0. The van der Waals surface area contributed by atoms with Crippen LogP contribution in [-0.2, 0) is 9.53 Å². The van der Waals surface area contributed by atoms with Gasteiger partial charge in [0.1, 0.15) is 6.61 Å². The highest BCUT2D eigenvalue weighted by atomic mass is 16.5. The lowest BCUT2D eigenvalue weighted by Gasteiger charge is -2.22. The molecule has 1 fully saturated rings. The molecule has 0 saturated carbocycles. The number of aryl methyl sites for hydroxylation is 1. The molecule has 0 radical (unpaired) electrons. The summed E-state index contributed by atoms with van der Waals surface area (Å²) in [5.74, 6) is 0.747. The Bertz CT molecular complexity index is 405. The van der Waals surface area contributed by atoms with Gasteiger partial charge < -0.3 is 19.9 Å². The zero-order chi connectivity index (χ0) is 13.0. The lowest BCUT2D eigenvalue weighted by Crippen LogP contribution is -2.34. The largest absolute Gasteiger partial charge is 0.370 e. The first-order valence-corrected chi connectivity index (χ1v) is 6.23. The second-order valence-electron chi connectivity index (χ2n) is 4.46. The van der Waals surface area contributed by atoms with Crippen molar-refractivity contribution >= 4 is 5.91 Å². The monoisotopic (exact) mass is 253 g/mol. The predicted molar refractivity (Wildman–Crippen MR) is 64.8 cm³/mol. The summed E-state index contributed by atoms with van der Waals surface area (Å²) < 4.78 is 10.4. The highest BCUT2D eigenvalue weighted by Gasteiger charge is 2.32. The Balaban J connectivity index is 1.97. The maximum Gasteiger partial charge on any atom is 0.249 e. The number of carbonyl (C=O) groups is 1. The van der Waals surface area contributed by atoms with E-state index in [1.807, 2.05) is 13.0 Å². The zero-order valence-corrected chi connectivity index (χ0v) is 10.6. The van der Waals surface area contributed by atoms with Crippen LogP contribution in [0, 0.1) is 6.92 Å². The fraction of sp³-hybridized carbons (Fsp3) is 0.667. The second-order valence-corrected chi connectivity index (χ2v) is 4.46. The van der Waals surface area contributed by atoms with E-state index in [2.05, 4.69) is 5.16 Å². The number of ether oxygens (including phenoxy) is 1. The Hall–Kier alpha value is -1.40. The molecule has 2 N–H and O–H groups in total. The van der Waals surface area contributed by atoms with E-state index in [4.69, 9.17) is 15.0 Å². The minimum atomic E-state index is -0.0139. The minimum Gasteiger partial charge on any atom is -0.370 e. The second kappa shape index (κ2) is 5.97. The Morgan fingerprint density at radius 3 is 3.22 bits per heavy atom. The molecule has 1 amide bonds. The molecule has 18 heavy (non-hydrogen) atoms. The van der Waals surface area contributed by atoms with Crippen LogP contribution in [0.5, 0.6) is 0 Å². The third kappa shape index (κ3) is 2.88. The molecule has 1 aromatic rings. The van der Waals surface area contributed by atoms with Crippen molar-refractivity contribution in [3.05, 3.63) is 17.5 Å². The van der Waals surface area contributed by atoms with E-state index in [1.165, 1.54) is 0 Å². The molecule has 1 aliphatic heterocycles. The van der Waals surface area contributed by atoms with Gasteiger partial charge >= 0.3 is 0 Å². The van der Waals surface area contributed by atoms with E-state index in [9.17, 15) is 4.79 Å². The molecular weight excluding hydrogens is 234 g/mol. The summed E-state index contributed by atoms with van der Waals surface area (Å²) >= 11 is 0. The summed E-state index contributed by atoms with van der Waals surface area (Å²) in [6.45, 7) is 3.54. The van der Waals surface area contributed by atoms with Gasteiger partial charge in [-0.1, -0.05) is 5.16 Å². The summed E-state index contributed by atoms with van der Waals surface area (Å²) in [6.07, 6.45) is 1.89. The average Bonchev–Trinajstić information content (AvgIpc) is 2.97. The molecule has 0 bridgehead atoms. The Morgan fingerprint density at radius 2 is 2.56 bits per heavy atom. The number of amides is 1. The molecule has 6 nitrogen and oxygen atoms in total. The van der Waals surface area contributed by atoms with Crippen molar-refractivity contribution in [2.75, 3.05) is 26.3 Å². The molecule has 6 heteroatoms. The number of hydrogen-bond donors (Lipinski definition) is 1. The zero-order valence-electron chi connectivity index (χ0n) is 10.6. The van der Waals surface area contributed by atoms with Gasteiger partial charge in [0, 0.05) is 19.2 Å². The fourth-order valence-electron chi connectivity index (χ4n) is 2.23. The first-order valence-electron chi connectivity index (χ1n) is 6.23. The number of nitrogens with zero attached hydrogens (tertiary/aromatic N) is 2. The van der Waals surface area contributed by atoms with Crippen molar-refractivity contribution in [3.8, 4) is 0 Å². The van der Waals surface area contributed by atoms with Crippen LogP contribution in [0.15, 0.2) is 10.6 Å². The van der Waals surface area contributed by atoms with Crippen LogP contribution < -0.4 is 5.73 Å². The quantitative estimate of drug-likeness (QED) is 0.778. The predicted octanol–water partition coefficient (Wildman–Crippen LogP) is 0.622. The number of rotatable bonds is 5. The Labute approximate surface area is 106 Å². The topological polar surface area (TPSA) is 81.6 Å². The van der Waals surface area contributed by atoms with Crippen molar-refractivity contribution in [3.63, 3.8) is 0 Å². The van der Waals surface area contributed by atoms with Gasteiger partial charge in [-0.2, -0.15) is 0 Å². The van der Waals surface area contributed by atoms with Gasteiger partial charge in [-0.15, -0.1) is 0 Å². The molecule has 2 rings (SSSR count). The molecule has 1 atom stereocenters. The van der Waals surface area contributed by atoms with Crippen LogP contribution in [0.3, 0.4) is 0 Å². The van der Waals surface area contributed by atoms with Crippen LogP contribution in [0.25, 0.3) is 0 Å². The number of likely N-dealkylation sites (tertiary alicyclic amines) is 1. The highest BCUT2D eigenvalue weighted by molar-refractivity contribution is 5.78. The third-order valence-electron chi connectivity index (χ3n) is 3.04. The molecule has 2 heterocycles. The molecule has 1 unspecified atom stereocenters. The van der Waals surface area contributed by atoms with Gasteiger partial charge in [0.05, 0.1) is 18.3 Å². The van der Waals surface area contributed by atoms with E-state index in [0.29, 0.717) is 13.2 Å². The van der Waals surface area contributed by atoms with Crippen LogP contribution in [-0.4, -0.2) is 42.3 Å². The van der Waals surface area contributed by atoms with Gasteiger partial charge in [-0.25, -0.2) is 0 Å². The molecular formula is C12H19N3O3. The van der Waals surface area contributed by atoms with E-state index in [-0.39, 0.29) is 18.6 Å². The SMILES string of the molecule is Cc1cc(C2CCCN2C(=O)COCCN)on1. The number of nitrogens with two attached hydrogens (primary N) is 1. The standard InChI is InChI=1S/C12H19N3O3/c1-9-7-11(18-14-9)10-3-2-5-15(10)12(16)8-17-6-4-13/h7,10H,2-6,8,13H2,1H3. The van der Waals surface area contributed by atoms with E-state index in [0.717, 1.165) is 30.8 Å². The van der Waals surface area contributed by atoms with Gasteiger partial charge in [-0.3, -0.25) is 4.79 Å². The van der Waals surface area contributed by atoms with Crippen molar-refractivity contribution in [2.24, 2.45) is 5.73 Å². The van der Waals surface area contributed by atoms with Gasteiger partial charge in [0.25, 0.3) is 0 Å². The first-order chi connectivity index (χ1) is 8.72. The van der Waals surface area contributed by atoms with Crippen LogP contribution in [0.4, 0.5) is 0 Å². The van der Waals surface area contributed by atoms with Crippen molar-refractivity contribution < 1.29 is 14.1 Å². The molecule has 0 spiro atoms. The van der Waals surface area contributed by atoms with Gasteiger partial charge in [0.2, 0.25) is 5.91 Å². The minimum absolute atomic E-state index is 0.000163. The summed E-state index contributed by atoms with van der Waals surface area (Å²) in [5, 5.41) is 3.87. The Kier molecular flexibility index (Phi) is 4.33. The molecule has 0 aromatic carbocycles. The number of hydrogen-bond acceptors (Lipinski definition) is 5. The van der Waals surface area contributed by atoms with Crippen LogP contribution in [0.2, 0.25) is 0 Å². The normalized spacial score (nSPS) is 19.4. The Morgan fingerprint density at radius 1 is 1.72 bits per heavy atom. The number of carbonyl (C=O) groups excluding carboxylic acids is 1. The fourth-order valence-corrected chi connectivity index (χ4v) is 2.23. The van der Waals surface area contributed by atoms with E-state index >= 15 is 0 Å². The maximum atomic E-state index is 12.0. The van der Waals surface area contributed by atoms with Gasteiger partial charge in [0.15, 0.2) is 5.76 Å². The van der Waals surface area contributed by atoms with Gasteiger partial charge in [-0.05, 0) is 19.8 Å². The summed E-state index contributed by atoms with van der Waals surface area (Å²) in [6, 6.07) is 1.89. The lowest BCUT2D eigenvalue weighted by molar-refractivity contribution is -0.137. The van der Waals surface area contributed by atoms with Crippen molar-refractivity contribution in [1.29, 1.82) is 0 Å². The van der Waals surface area contributed by atoms with Crippen molar-refractivity contribution in [2.45, 2.75) is 25.8 Å². The summed E-state index contributed by atoms with van der Waals surface area (Å²) in [7, 11) is 0. The van der Waals surface area contributed by atoms with Crippen molar-refractivity contribution in [1.82, 2.24) is 10.1 Å². The summed E-state index contributed by atoms with van der Waals surface area (Å²) in [4.78, 5) is 13.8. The molecule has 1 saturated heterocycles. The molecule has 1 aliphatic rings. The molecule has 100 valence electrons. The molecule has 1 aromatic heterocycles. The number of aromatic nitrogens is 1. The maximum absolute atomic E-state index is 12.0. The highest BCUT2D eigenvalue weighted by Crippen LogP contribution is 2.32. The van der Waals surface area contributed by atoms with E-state index < -0.39 is 0 Å². The van der Waals surface area contributed by atoms with Crippen LogP contribution in [0.1, 0.15) is 30.3 Å². The molecule has 0 aliphatic carbocycles. The third-order valence-corrected chi connectivity index (χ3v) is 3.04. The average molecular weight is 253 g/mol. The van der Waals surface area contributed by atoms with Crippen LogP contribution >= 0.6 is 0 Å².